The summed E-state index contributed by atoms with van der Waals surface area (Å²) >= 11 is 12.3. The van der Waals surface area contributed by atoms with Gasteiger partial charge >= 0.3 is 0 Å². The van der Waals surface area contributed by atoms with Gasteiger partial charge in [0.1, 0.15) is 13.2 Å². The minimum Gasteiger partial charge on any atom is -0.486 e. The maximum Gasteiger partial charge on any atom is 0.223 e. The number of nitrogens with zero attached hydrogens (tertiary/aromatic N) is 1. The van der Waals surface area contributed by atoms with Crippen molar-refractivity contribution in [3.63, 3.8) is 0 Å². The number of hydrogen-bond acceptors (Lipinski definition) is 4. The molecular weight excluding hydrogens is 423 g/mol. The summed E-state index contributed by atoms with van der Waals surface area (Å²) in [5.74, 6) is 1.65. The first-order valence-corrected chi connectivity index (χ1v) is 11.1. The number of benzene rings is 2. The number of fused-ring (bicyclic) bond motifs is 1. The van der Waals surface area contributed by atoms with Crippen molar-refractivity contribution in [3.05, 3.63) is 57.6 Å². The quantitative estimate of drug-likeness (QED) is 0.709. The number of carbonyl (C=O) groups is 1. The minimum absolute atomic E-state index is 0.0293. The van der Waals surface area contributed by atoms with Crippen LogP contribution in [0.15, 0.2) is 36.4 Å². The number of ether oxygens (including phenoxy) is 2. The molecule has 1 amide bonds. The Morgan fingerprint density at radius 1 is 1.10 bits per heavy atom. The molecule has 0 aliphatic carbocycles. The number of rotatable bonds is 5. The van der Waals surface area contributed by atoms with Gasteiger partial charge in [-0.3, -0.25) is 9.69 Å². The predicted octanol–water partition coefficient (Wildman–Crippen LogP) is 4.85. The fourth-order valence-corrected chi connectivity index (χ4v) is 4.46. The lowest BCUT2D eigenvalue weighted by molar-refractivity contribution is -0.127. The van der Waals surface area contributed by atoms with Crippen LogP contribution in [0.1, 0.15) is 36.9 Å². The summed E-state index contributed by atoms with van der Waals surface area (Å²) in [7, 11) is 0. The molecule has 2 aromatic carbocycles. The first kappa shape index (κ1) is 21.3. The van der Waals surface area contributed by atoms with Crippen LogP contribution >= 0.6 is 23.2 Å². The van der Waals surface area contributed by atoms with Crippen molar-refractivity contribution in [1.82, 2.24) is 10.2 Å². The molecule has 5 nitrogen and oxygen atoms in total. The fraction of sp³-hybridized carbons (Fsp3) is 0.435. The third-order valence-corrected chi connectivity index (χ3v) is 6.38. The second-order valence-electron chi connectivity index (χ2n) is 7.92. The van der Waals surface area contributed by atoms with E-state index in [0.717, 1.165) is 55.1 Å². The van der Waals surface area contributed by atoms with Gasteiger partial charge in [-0.2, -0.15) is 0 Å². The van der Waals surface area contributed by atoms with Gasteiger partial charge in [0, 0.05) is 22.5 Å². The van der Waals surface area contributed by atoms with E-state index in [-0.39, 0.29) is 17.9 Å². The molecule has 2 aliphatic heterocycles. The van der Waals surface area contributed by atoms with E-state index in [4.69, 9.17) is 32.7 Å². The molecule has 2 aromatic rings. The van der Waals surface area contributed by atoms with E-state index in [1.54, 1.807) is 6.07 Å². The zero-order valence-electron chi connectivity index (χ0n) is 17.0. The van der Waals surface area contributed by atoms with Gasteiger partial charge in [-0.05, 0) is 68.2 Å². The third-order valence-electron chi connectivity index (χ3n) is 5.79. The first-order valence-electron chi connectivity index (χ1n) is 10.4. The number of halogens is 2. The number of piperidine rings is 1. The molecular formula is C23H26Cl2N2O3. The average Bonchev–Trinajstić information content (AvgIpc) is 2.75. The van der Waals surface area contributed by atoms with E-state index in [9.17, 15) is 4.79 Å². The Morgan fingerprint density at radius 2 is 1.83 bits per heavy atom. The smallest absolute Gasteiger partial charge is 0.223 e. The molecule has 1 unspecified atom stereocenters. The Labute approximate surface area is 187 Å². The van der Waals surface area contributed by atoms with Crippen LogP contribution < -0.4 is 14.8 Å². The molecule has 1 atom stereocenters. The molecule has 0 spiro atoms. The molecule has 2 heterocycles. The maximum absolute atomic E-state index is 12.8. The Morgan fingerprint density at radius 3 is 2.57 bits per heavy atom. The van der Waals surface area contributed by atoms with Gasteiger partial charge in [0.2, 0.25) is 5.91 Å². The number of nitrogens with one attached hydrogen (secondary N) is 1. The molecule has 0 saturated carbocycles. The molecule has 160 valence electrons. The molecule has 30 heavy (non-hydrogen) atoms. The summed E-state index contributed by atoms with van der Waals surface area (Å²) < 4.78 is 11.2. The molecule has 1 saturated heterocycles. The summed E-state index contributed by atoms with van der Waals surface area (Å²) in [4.78, 5) is 15.1. The number of hydrogen-bond donors (Lipinski definition) is 1. The highest BCUT2D eigenvalue weighted by atomic mass is 35.5. The molecule has 4 rings (SSSR count). The summed E-state index contributed by atoms with van der Waals surface area (Å²) in [6.07, 6.45) is 1.68. The monoisotopic (exact) mass is 448 g/mol. The van der Waals surface area contributed by atoms with Gasteiger partial charge in [0.05, 0.1) is 6.04 Å². The van der Waals surface area contributed by atoms with Crippen LogP contribution in [-0.2, 0) is 11.3 Å². The van der Waals surface area contributed by atoms with Crippen molar-refractivity contribution in [2.75, 3.05) is 26.3 Å². The summed E-state index contributed by atoms with van der Waals surface area (Å²) in [6.45, 7) is 5.64. The second-order valence-corrected chi connectivity index (χ2v) is 8.76. The minimum atomic E-state index is -0.0840. The van der Waals surface area contributed by atoms with Crippen LogP contribution in [0.4, 0.5) is 0 Å². The lowest BCUT2D eigenvalue weighted by Crippen LogP contribution is -2.40. The molecule has 1 fully saturated rings. The predicted molar refractivity (Wildman–Crippen MR) is 118 cm³/mol. The van der Waals surface area contributed by atoms with Crippen LogP contribution in [-0.4, -0.2) is 37.1 Å². The lowest BCUT2D eigenvalue weighted by Gasteiger charge is -2.32. The topological polar surface area (TPSA) is 50.8 Å². The van der Waals surface area contributed by atoms with E-state index in [1.165, 1.54) is 0 Å². The van der Waals surface area contributed by atoms with E-state index >= 15 is 0 Å². The van der Waals surface area contributed by atoms with Gasteiger partial charge in [0.25, 0.3) is 0 Å². The fourth-order valence-electron chi connectivity index (χ4n) is 3.99. The van der Waals surface area contributed by atoms with Gasteiger partial charge in [-0.1, -0.05) is 35.3 Å². The van der Waals surface area contributed by atoms with Gasteiger partial charge in [-0.25, -0.2) is 0 Å². The van der Waals surface area contributed by atoms with Crippen LogP contribution in [0.5, 0.6) is 11.5 Å². The number of likely N-dealkylation sites (tertiary alicyclic amines) is 1. The van der Waals surface area contributed by atoms with Crippen molar-refractivity contribution in [2.24, 2.45) is 5.92 Å². The molecule has 0 bridgehead atoms. The second kappa shape index (κ2) is 9.46. The van der Waals surface area contributed by atoms with E-state index < -0.39 is 0 Å². The molecule has 7 heteroatoms. The van der Waals surface area contributed by atoms with Gasteiger partial charge in [0.15, 0.2) is 11.5 Å². The Kier molecular flexibility index (Phi) is 6.71. The molecule has 1 N–H and O–H groups in total. The van der Waals surface area contributed by atoms with Gasteiger partial charge < -0.3 is 14.8 Å². The summed E-state index contributed by atoms with van der Waals surface area (Å²) in [6, 6.07) is 11.4. The molecule has 0 radical (unpaired) electrons. The van der Waals surface area contributed by atoms with Crippen molar-refractivity contribution in [1.29, 1.82) is 0 Å². The van der Waals surface area contributed by atoms with Gasteiger partial charge in [-0.15, -0.1) is 0 Å². The first-order chi connectivity index (χ1) is 14.5. The van der Waals surface area contributed by atoms with Crippen LogP contribution in [0.25, 0.3) is 0 Å². The SMILES string of the molecule is CC(NC(=O)C1CCN(Cc2ccc(Cl)cc2Cl)CC1)c1ccc2c(c1)OCCO2. The number of carbonyl (C=O) groups excluding carboxylic acids is 1. The zero-order chi connectivity index (χ0) is 21.1. The molecule has 0 aromatic heterocycles. The summed E-state index contributed by atoms with van der Waals surface area (Å²) in [5, 5.41) is 4.50. The Bertz CT molecular complexity index is 913. The Balaban J connectivity index is 1.29. The molecule has 2 aliphatic rings. The largest absolute Gasteiger partial charge is 0.486 e. The zero-order valence-corrected chi connectivity index (χ0v) is 18.5. The average molecular weight is 449 g/mol. The third kappa shape index (κ3) is 5.02. The van der Waals surface area contributed by atoms with Crippen LogP contribution in [0, 0.1) is 5.92 Å². The lowest BCUT2D eigenvalue weighted by atomic mass is 9.94. The standard InChI is InChI=1S/C23H26Cl2N2O3/c1-15(17-3-5-21-22(12-17)30-11-10-29-21)26-23(28)16-6-8-27(9-7-16)14-18-2-4-19(24)13-20(18)25/h2-5,12-13,15-16H,6-11,14H2,1H3,(H,26,28). The van der Waals surface area contributed by atoms with E-state index in [0.29, 0.717) is 23.3 Å². The van der Waals surface area contributed by atoms with Crippen LogP contribution in [0.2, 0.25) is 10.0 Å². The Hall–Kier alpha value is -1.95. The van der Waals surface area contributed by atoms with Crippen molar-refractivity contribution < 1.29 is 14.3 Å². The highest BCUT2D eigenvalue weighted by molar-refractivity contribution is 6.35. The van der Waals surface area contributed by atoms with Crippen LogP contribution in [0.3, 0.4) is 0 Å². The summed E-state index contributed by atoms with van der Waals surface area (Å²) in [5.41, 5.74) is 2.08. The van der Waals surface area contributed by atoms with E-state index in [2.05, 4.69) is 10.2 Å². The highest BCUT2D eigenvalue weighted by Gasteiger charge is 2.26. The van der Waals surface area contributed by atoms with E-state index in [1.807, 2.05) is 37.3 Å². The number of amides is 1. The van der Waals surface area contributed by atoms with Crippen molar-refractivity contribution in [2.45, 2.75) is 32.4 Å². The normalized spacial score (nSPS) is 18.1. The maximum atomic E-state index is 12.8. The highest BCUT2D eigenvalue weighted by Crippen LogP contribution is 2.33. The van der Waals surface area contributed by atoms with Crippen molar-refractivity contribution in [3.8, 4) is 11.5 Å². The van der Waals surface area contributed by atoms with Crippen molar-refractivity contribution >= 4 is 29.1 Å².